The minimum atomic E-state index is -0.561. The SMILES string of the molecule is CN[C@@H](CCCCNC(=O)C(N)CS)C(N)=O. The first-order valence-corrected chi connectivity index (χ1v) is 6.27. The molecule has 100 valence electrons. The Morgan fingerprint density at radius 2 is 2.00 bits per heavy atom. The third-order valence-corrected chi connectivity index (χ3v) is 2.84. The smallest absolute Gasteiger partial charge is 0.237 e. The lowest BCUT2D eigenvalue weighted by Crippen LogP contribution is -2.42. The van der Waals surface area contributed by atoms with Crippen molar-refractivity contribution in [1.82, 2.24) is 10.6 Å². The third-order valence-electron chi connectivity index (χ3n) is 2.44. The number of amides is 2. The molecule has 0 heterocycles. The third kappa shape index (κ3) is 7.19. The molecule has 2 amide bonds. The molecule has 0 saturated heterocycles. The van der Waals surface area contributed by atoms with Gasteiger partial charge in [0.25, 0.3) is 0 Å². The number of primary amides is 1. The van der Waals surface area contributed by atoms with E-state index in [1.54, 1.807) is 7.05 Å². The first-order valence-electron chi connectivity index (χ1n) is 5.63. The molecule has 0 aliphatic heterocycles. The quantitative estimate of drug-likeness (QED) is 0.260. The maximum atomic E-state index is 11.3. The molecule has 0 aliphatic rings. The van der Waals surface area contributed by atoms with Gasteiger partial charge in [-0.1, -0.05) is 0 Å². The monoisotopic (exact) mass is 262 g/mol. The average molecular weight is 262 g/mol. The van der Waals surface area contributed by atoms with Crippen LogP contribution in [0.3, 0.4) is 0 Å². The lowest BCUT2D eigenvalue weighted by atomic mass is 10.1. The maximum absolute atomic E-state index is 11.3. The topological polar surface area (TPSA) is 110 Å². The van der Waals surface area contributed by atoms with Crippen LogP contribution < -0.4 is 22.1 Å². The Bertz CT molecular complexity index is 250. The summed E-state index contributed by atoms with van der Waals surface area (Å²) in [5.41, 5.74) is 10.7. The number of nitrogens with one attached hydrogen (secondary N) is 2. The van der Waals surface area contributed by atoms with Gasteiger partial charge in [0.05, 0.1) is 12.1 Å². The van der Waals surface area contributed by atoms with Gasteiger partial charge in [-0.05, 0) is 26.3 Å². The van der Waals surface area contributed by atoms with Gasteiger partial charge in [0.1, 0.15) is 0 Å². The number of carbonyl (C=O) groups is 2. The van der Waals surface area contributed by atoms with E-state index in [2.05, 4.69) is 23.3 Å². The summed E-state index contributed by atoms with van der Waals surface area (Å²) in [7, 11) is 1.70. The first kappa shape index (κ1) is 16.2. The second-order valence-corrected chi connectivity index (χ2v) is 4.18. The van der Waals surface area contributed by atoms with E-state index in [1.165, 1.54) is 0 Å². The van der Waals surface area contributed by atoms with Crippen LogP contribution in [0.4, 0.5) is 0 Å². The Morgan fingerprint density at radius 3 is 2.47 bits per heavy atom. The fourth-order valence-electron chi connectivity index (χ4n) is 1.33. The molecule has 0 bridgehead atoms. The van der Waals surface area contributed by atoms with Gasteiger partial charge in [0.15, 0.2) is 0 Å². The molecule has 2 atom stereocenters. The zero-order valence-corrected chi connectivity index (χ0v) is 11.0. The number of unbranched alkanes of at least 4 members (excludes halogenated alkanes) is 1. The predicted molar refractivity (Wildman–Crippen MR) is 70.7 cm³/mol. The number of rotatable bonds is 9. The normalized spacial score (nSPS) is 14.1. The highest BCUT2D eigenvalue weighted by atomic mass is 32.1. The van der Waals surface area contributed by atoms with Crippen molar-refractivity contribution < 1.29 is 9.59 Å². The second kappa shape index (κ2) is 9.26. The number of nitrogens with two attached hydrogens (primary N) is 2. The highest BCUT2D eigenvalue weighted by Gasteiger charge is 2.12. The molecule has 6 nitrogen and oxygen atoms in total. The largest absolute Gasteiger partial charge is 0.368 e. The Balaban J connectivity index is 3.58. The Labute approximate surface area is 107 Å². The van der Waals surface area contributed by atoms with Crippen LogP contribution in [0, 0.1) is 0 Å². The van der Waals surface area contributed by atoms with Crippen LogP contribution in [0.5, 0.6) is 0 Å². The number of hydrogen-bond acceptors (Lipinski definition) is 5. The number of carbonyl (C=O) groups excluding carboxylic acids is 2. The van der Waals surface area contributed by atoms with Crippen LogP contribution in [-0.4, -0.2) is 43.2 Å². The molecule has 6 N–H and O–H groups in total. The second-order valence-electron chi connectivity index (χ2n) is 3.82. The van der Waals surface area contributed by atoms with Crippen LogP contribution in [-0.2, 0) is 9.59 Å². The molecule has 1 unspecified atom stereocenters. The van der Waals surface area contributed by atoms with Crippen molar-refractivity contribution >= 4 is 24.4 Å². The number of hydrogen-bond donors (Lipinski definition) is 5. The highest BCUT2D eigenvalue weighted by Crippen LogP contribution is 1.99. The zero-order valence-electron chi connectivity index (χ0n) is 10.1. The molecule has 0 radical (unpaired) electrons. The molecule has 0 saturated carbocycles. The van der Waals surface area contributed by atoms with E-state index in [9.17, 15) is 9.59 Å². The van der Waals surface area contributed by atoms with Crippen LogP contribution in [0.2, 0.25) is 0 Å². The van der Waals surface area contributed by atoms with Gasteiger partial charge in [-0.3, -0.25) is 9.59 Å². The molecule has 0 aromatic heterocycles. The molecular formula is C10H22N4O2S. The number of likely N-dealkylation sites (N-methyl/N-ethyl adjacent to an activating group) is 1. The van der Waals surface area contributed by atoms with Gasteiger partial charge in [0.2, 0.25) is 11.8 Å². The minimum Gasteiger partial charge on any atom is -0.368 e. The molecular weight excluding hydrogens is 240 g/mol. The van der Waals surface area contributed by atoms with Crippen LogP contribution in [0.1, 0.15) is 19.3 Å². The minimum absolute atomic E-state index is 0.194. The molecule has 0 fully saturated rings. The molecule has 0 aromatic rings. The summed E-state index contributed by atoms with van der Waals surface area (Å²) in [6.45, 7) is 0.551. The summed E-state index contributed by atoms with van der Waals surface area (Å²) in [6, 6.07) is -0.862. The van der Waals surface area contributed by atoms with Crippen molar-refractivity contribution in [2.45, 2.75) is 31.3 Å². The average Bonchev–Trinajstić information content (AvgIpc) is 2.31. The predicted octanol–water partition coefficient (Wildman–Crippen LogP) is -1.40. The maximum Gasteiger partial charge on any atom is 0.237 e. The van der Waals surface area contributed by atoms with Crippen LogP contribution in [0.15, 0.2) is 0 Å². The summed E-state index contributed by atoms with van der Waals surface area (Å²) in [4.78, 5) is 22.2. The van der Waals surface area contributed by atoms with Crippen molar-refractivity contribution in [3.8, 4) is 0 Å². The molecule has 7 heteroatoms. The lowest BCUT2D eigenvalue weighted by Gasteiger charge is -2.12. The van der Waals surface area contributed by atoms with Crippen molar-refractivity contribution in [3.63, 3.8) is 0 Å². The van der Waals surface area contributed by atoms with E-state index < -0.39 is 6.04 Å². The molecule has 17 heavy (non-hydrogen) atoms. The van der Waals surface area contributed by atoms with Crippen molar-refractivity contribution in [3.05, 3.63) is 0 Å². The van der Waals surface area contributed by atoms with Crippen molar-refractivity contribution in [1.29, 1.82) is 0 Å². The van der Waals surface area contributed by atoms with E-state index in [-0.39, 0.29) is 17.9 Å². The highest BCUT2D eigenvalue weighted by molar-refractivity contribution is 7.80. The van der Waals surface area contributed by atoms with E-state index in [0.29, 0.717) is 18.7 Å². The van der Waals surface area contributed by atoms with Gasteiger partial charge in [0, 0.05) is 12.3 Å². The number of thiol groups is 1. The fourth-order valence-corrected chi connectivity index (χ4v) is 1.49. The first-order chi connectivity index (χ1) is 8.02. The summed E-state index contributed by atoms with van der Waals surface area (Å²) in [5.74, 6) is -0.219. The van der Waals surface area contributed by atoms with E-state index in [0.717, 1.165) is 12.8 Å². The molecule has 0 spiro atoms. The van der Waals surface area contributed by atoms with Crippen LogP contribution >= 0.6 is 12.6 Å². The van der Waals surface area contributed by atoms with Gasteiger partial charge in [-0.15, -0.1) is 0 Å². The molecule has 0 aromatic carbocycles. The van der Waals surface area contributed by atoms with Crippen LogP contribution in [0.25, 0.3) is 0 Å². The molecule has 0 rings (SSSR count). The fraction of sp³-hybridized carbons (Fsp3) is 0.800. The van der Waals surface area contributed by atoms with E-state index in [1.807, 2.05) is 0 Å². The van der Waals surface area contributed by atoms with Gasteiger partial charge in [-0.25, -0.2) is 0 Å². The van der Waals surface area contributed by atoms with E-state index >= 15 is 0 Å². The standard InChI is InChI=1S/C10H22N4O2S/c1-13-8(9(12)15)4-2-3-5-14-10(16)7(11)6-17/h7-8,13,17H,2-6,11H2,1H3,(H2,12,15)(H,14,16)/t7?,8-/m0/s1. The summed E-state index contributed by atoms with van der Waals surface area (Å²) in [5, 5.41) is 5.54. The summed E-state index contributed by atoms with van der Waals surface area (Å²) < 4.78 is 0. The Kier molecular flexibility index (Phi) is 8.83. The van der Waals surface area contributed by atoms with E-state index in [4.69, 9.17) is 11.5 Å². The summed E-state index contributed by atoms with van der Waals surface area (Å²) >= 11 is 3.93. The van der Waals surface area contributed by atoms with Gasteiger partial charge in [-0.2, -0.15) is 12.6 Å². The zero-order chi connectivity index (χ0) is 13.3. The Morgan fingerprint density at radius 1 is 1.35 bits per heavy atom. The lowest BCUT2D eigenvalue weighted by molar-refractivity contribution is -0.122. The summed E-state index contributed by atoms with van der Waals surface area (Å²) in [6.07, 6.45) is 2.27. The van der Waals surface area contributed by atoms with Gasteiger partial charge >= 0.3 is 0 Å². The Hall–Kier alpha value is -0.790. The molecule has 0 aliphatic carbocycles. The van der Waals surface area contributed by atoms with Crippen molar-refractivity contribution in [2.75, 3.05) is 19.3 Å². The van der Waals surface area contributed by atoms with Crippen molar-refractivity contribution in [2.24, 2.45) is 11.5 Å². The van der Waals surface area contributed by atoms with Gasteiger partial charge < -0.3 is 22.1 Å².